The van der Waals surface area contributed by atoms with E-state index in [1.165, 1.54) is 6.92 Å². The predicted molar refractivity (Wildman–Crippen MR) is 71.1 cm³/mol. The van der Waals surface area contributed by atoms with Gasteiger partial charge in [-0.25, -0.2) is 0 Å². The molecule has 0 radical (unpaired) electrons. The monoisotopic (exact) mass is 318 g/mol. The molecule has 0 N–H and O–H groups in total. The average molecular weight is 318 g/mol. The lowest BCUT2D eigenvalue weighted by molar-refractivity contribution is -0.145. The Morgan fingerprint density at radius 3 is 2.33 bits per heavy atom. The summed E-state index contributed by atoms with van der Waals surface area (Å²) in [6.45, 7) is 7.43. The van der Waals surface area contributed by atoms with Crippen LogP contribution in [0.4, 0.5) is 0 Å². The third-order valence-corrected chi connectivity index (χ3v) is 2.42. The molecule has 0 aromatic heterocycles. The third-order valence-electron chi connectivity index (χ3n) is 1.62. The second-order valence-electron chi connectivity index (χ2n) is 2.66. The minimum absolute atomic E-state index is 0.112. The quantitative estimate of drug-likeness (QED) is 0.369. The third kappa shape index (κ3) is 5.57. The number of carbonyl (C=O) groups is 1. The van der Waals surface area contributed by atoms with Gasteiger partial charge in [-0.15, -0.1) is 13.2 Å². The number of alkyl halides is 1. The van der Waals surface area contributed by atoms with Gasteiger partial charge in [-0.05, 0) is 5.56 Å². The smallest absolute Gasteiger partial charge is 0.303 e. The van der Waals surface area contributed by atoms with Crippen molar-refractivity contribution < 1.29 is 9.53 Å². The number of esters is 1. The summed E-state index contributed by atoms with van der Waals surface area (Å²) >= 11 is 2.21. The van der Waals surface area contributed by atoms with Gasteiger partial charge in [0.2, 0.25) is 0 Å². The fourth-order valence-corrected chi connectivity index (χ4v) is 1.74. The van der Waals surface area contributed by atoms with Crippen molar-refractivity contribution in [3.05, 3.63) is 49.1 Å². The van der Waals surface area contributed by atoms with Crippen molar-refractivity contribution in [2.24, 2.45) is 0 Å². The van der Waals surface area contributed by atoms with Gasteiger partial charge in [0.25, 0.3) is 0 Å². The van der Waals surface area contributed by atoms with Gasteiger partial charge in [0.05, 0.1) is 0 Å². The Kier molecular flexibility index (Phi) is 7.99. The Labute approximate surface area is 104 Å². The number of rotatable bonds is 3. The van der Waals surface area contributed by atoms with E-state index in [9.17, 15) is 4.79 Å². The lowest BCUT2D eigenvalue weighted by Crippen LogP contribution is -2.09. The largest absolute Gasteiger partial charge is 0.457 e. The Morgan fingerprint density at radius 2 is 1.93 bits per heavy atom. The number of halogens is 1. The molecule has 0 aliphatic rings. The first-order valence-corrected chi connectivity index (χ1v) is 6.04. The second-order valence-corrected chi connectivity index (χ2v) is 3.54. The summed E-state index contributed by atoms with van der Waals surface area (Å²) < 4.78 is 5.92. The summed E-state index contributed by atoms with van der Waals surface area (Å²) in [5, 5.41) is 0. The minimum Gasteiger partial charge on any atom is -0.457 e. The van der Waals surface area contributed by atoms with E-state index < -0.39 is 0 Å². The van der Waals surface area contributed by atoms with Gasteiger partial charge in [-0.2, -0.15) is 0 Å². The van der Waals surface area contributed by atoms with E-state index in [0.717, 1.165) is 9.99 Å². The fraction of sp³-hybridized carbons (Fsp3) is 0.250. The van der Waals surface area contributed by atoms with Gasteiger partial charge in [-0.1, -0.05) is 52.9 Å². The number of carbonyl (C=O) groups excluding carboxylic acids is 1. The van der Waals surface area contributed by atoms with Crippen LogP contribution in [0.2, 0.25) is 0 Å². The summed E-state index contributed by atoms with van der Waals surface area (Å²) in [5.41, 5.74) is 1.05. The zero-order valence-electron chi connectivity index (χ0n) is 8.78. The van der Waals surface area contributed by atoms with Crippen LogP contribution >= 0.6 is 22.6 Å². The Bertz CT molecular complexity index is 285. The molecule has 0 spiro atoms. The van der Waals surface area contributed by atoms with Gasteiger partial charge in [0.1, 0.15) is 6.10 Å². The molecule has 0 saturated heterocycles. The molecule has 0 saturated carbocycles. The molecule has 2 nitrogen and oxygen atoms in total. The molecule has 0 heterocycles. The van der Waals surface area contributed by atoms with Crippen LogP contribution < -0.4 is 0 Å². The average Bonchev–Trinajstić information content (AvgIpc) is 2.29. The highest BCUT2D eigenvalue weighted by Gasteiger charge is 2.11. The molecule has 1 aromatic carbocycles. The molecular weight excluding hydrogens is 303 g/mol. The molecule has 0 fully saturated rings. The summed E-state index contributed by atoms with van der Waals surface area (Å²) in [6, 6.07) is 9.76. The lowest BCUT2D eigenvalue weighted by Gasteiger charge is -2.13. The molecule has 15 heavy (non-hydrogen) atoms. The van der Waals surface area contributed by atoms with Crippen molar-refractivity contribution >= 4 is 28.6 Å². The molecule has 0 amide bonds. The Morgan fingerprint density at radius 1 is 1.40 bits per heavy atom. The van der Waals surface area contributed by atoms with Crippen LogP contribution in [0.1, 0.15) is 18.6 Å². The normalized spacial score (nSPS) is 10.8. The van der Waals surface area contributed by atoms with Crippen molar-refractivity contribution in [1.82, 2.24) is 0 Å². The van der Waals surface area contributed by atoms with E-state index in [-0.39, 0.29) is 12.1 Å². The standard InChI is InChI=1S/C10H11IO2.C2H4/c1-8(12)13-10(7-11)9-5-3-2-4-6-9;1-2/h2-6,10H,7H2,1H3;1-2H2. The van der Waals surface area contributed by atoms with Crippen LogP contribution in [0.3, 0.4) is 0 Å². The van der Waals surface area contributed by atoms with E-state index in [2.05, 4.69) is 35.7 Å². The van der Waals surface area contributed by atoms with E-state index in [1.807, 2.05) is 30.3 Å². The first kappa shape index (κ1) is 14.2. The number of hydrogen-bond acceptors (Lipinski definition) is 2. The Balaban J connectivity index is 0.000000921. The molecule has 0 aliphatic heterocycles. The van der Waals surface area contributed by atoms with E-state index in [0.29, 0.717) is 0 Å². The van der Waals surface area contributed by atoms with Crippen LogP contribution in [0.25, 0.3) is 0 Å². The van der Waals surface area contributed by atoms with Gasteiger partial charge < -0.3 is 4.74 Å². The maximum absolute atomic E-state index is 10.8. The van der Waals surface area contributed by atoms with Crippen molar-refractivity contribution in [2.75, 3.05) is 4.43 Å². The van der Waals surface area contributed by atoms with Crippen molar-refractivity contribution in [3.8, 4) is 0 Å². The van der Waals surface area contributed by atoms with Crippen LogP contribution in [-0.2, 0) is 9.53 Å². The molecule has 1 unspecified atom stereocenters. The van der Waals surface area contributed by atoms with Gasteiger partial charge >= 0.3 is 5.97 Å². The predicted octanol–water partition coefficient (Wildman–Crippen LogP) is 3.53. The lowest BCUT2D eigenvalue weighted by atomic mass is 10.1. The SMILES string of the molecule is C=C.CC(=O)OC(CI)c1ccccc1. The number of hydrogen-bond donors (Lipinski definition) is 0. The highest BCUT2D eigenvalue weighted by molar-refractivity contribution is 14.1. The molecule has 0 bridgehead atoms. The number of ether oxygens (including phenoxy) is 1. The summed E-state index contributed by atoms with van der Waals surface area (Å²) in [5.74, 6) is -0.231. The molecule has 1 atom stereocenters. The maximum Gasteiger partial charge on any atom is 0.303 e. The summed E-state index contributed by atoms with van der Waals surface area (Å²) in [6.07, 6.45) is -0.112. The van der Waals surface area contributed by atoms with Crippen molar-refractivity contribution in [1.29, 1.82) is 0 Å². The van der Waals surface area contributed by atoms with E-state index in [4.69, 9.17) is 4.74 Å². The van der Waals surface area contributed by atoms with Gasteiger partial charge in [0.15, 0.2) is 0 Å². The highest BCUT2D eigenvalue weighted by atomic mass is 127. The summed E-state index contributed by atoms with van der Waals surface area (Å²) in [7, 11) is 0. The molecule has 82 valence electrons. The zero-order chi connectivity index (χ0) is 11.7. The molecule has 3 heteroatoms. The molecule has 1 aromatic rings. The molecule has 1 rings (SSSR count). The zero-order valence-corrected chi connectivity index (χ0v) is 10.9. The van der Waals surface area contributed by atoms with E-state index >= 15 is 0 Å². The van der Waals surface area contributed by atoms with Crippen LogP contribution in [0, 0.1) is 0 Å². The molecular formula is C12H15IO2. The number of benzene rings is 1. The highest BCUT2D eigenvalue weighted by Crippen LogP contribution is 2.19. The van der Waals surface area contributed by atoms with Crippen LogP contribution in [-0.4, -0.2) is 10.4 Å². The Hall–Kier alpha value is -0.840. The fourth-order valence-electron chi connectivity index (χ4n) is 1.06. The van der Waals surface area contributed by atoms with Gasteiger partial charge in [-0.3, -0.25) is 4.79 Å². The first-order valence-electron chi connectivity index (χ1n) is 4.52. The topological polar surface area (TPSA) is 26.3 Å². The van der Waals surface area contributed by atoms with Crippen molar-refractivity contribution in [2.45, 2.75) is 13.0 Å². The first-order chi connectivity index (χ1) is 7.24. The minimum atomic E-state index is -0.231. The van der Waals surface area contributed by atoms with Crippen LogP contribution in [0.15, 0.2) is 43.5 Å². The molecule has 0 aliphatic carbocycles. The second kappa shape index (κ2) is 8.47. The van der Waals surface area contributed by atoms with Crippen molar-refractivity contribution in [3.63, 3.8) is 0 Å². The van der Waals surface area contributed by atoms with Crippen LogP contribution in [0.5, 0.6) is 0 Å². The van der Waals surface area contributed by atoms with E-state index in [1.54, 1.807) is 0 Å². The maximum atomic E-state index is 10.8. The summed E-state index contributed by atoms with van der Waals surface area (Å²) in [4.78, 5) is 10.8. The van der Waals surface area contributed by atoms with Gasteiger partial charge in [0, 0.05) is 11.4 Å².